The molecule has 5 saturated heterocycles. The average Bonchev–Trinajstić information content (AvgIpc) is 3.20. The van der Waals surface area contributed by atoms with Crippen molar-refractivity contribution in [3.8, 4) is 0 Å². The van der Waals surface area contributed by atoms with Crippen molar-refractivity contribution in [2.75, 3.05) is 26.3 Å². The molecule has 1 amide bonds. The van der Waals surface area contributed by atoms with Crippen LogP contribution in [0.5, 0.6) is 0 Å². The Morgan fingerprint density at radius 1 is 1.00 bits per heavy atom. The van der Waals surface area contributed by atoms with Crippen molar-refractivity contribution in [1.82, 2.24) is 10.2 Å². The fourth-order valence-electron chi connectivity index (χ4n) is 7.48. The molecular weight excluding hydrogens is 528 g/mol. The molecule has 10 heteroatoms. The van der Waals surface area contributed by atoms with E-state index in [4.69, 9.17) is 28.7 Å². The summed E-state index contributed by atoms with van der Waals surface area (Å²) in [5, 5.41) is 2.91. The SMILES string of the molecule is C[C@H]1[C@@H](OC(=O)CCC(=O)NCc2ccc(CN3CCOCC3)cc2)O[C@@H]2O[C@@]3(C)CC[C@H]4[C@H](C)CC[C@H]1[C@@]24OO3. The van der Waals surface area contributed by atoms with Gasteiger partial charge >= 0.3 is 5.97 Å². The second-order valence-electron chi connectivity index (χ2n) is 12.7. The molecular formula is C31H44N2O8. The van der Waals surface area contributed by atoms with E-state index in [0.29, 0.717) is 12.5 Å². The second kappa shape index (κ2) is 11.9. The highest BCUT2D eigenvalue weighted by molar-refractivity contribution is 5.81. The molecule has 1 spiro atoms. The normalized spacial score (nSPS) is 38.5. The predicted molar refractivity (Wildman–Crippen MR) is 147 cm³/mol. The Morgan fingerprint density at radius 2 is 1.76 bits per heavy atom. The van der Waals surface area contributed by atoms with Crippen LogP contribution in [0.3, 0.4) is 0 Å². The molecule has 226 valence electrons. The first-order valence-electron chi connectivity index (χ1n) is 15.3. The largest absolute Gasteiger partial charge is 0.435 e. The van der Waals surface area contributed by atoms with Crippen molar-refractivity contribution in [2.24, 2.45) is 23.7 Å². The number of carbonyl (C=O) groups is 2. The molecule has 1 aliphatic carbocycles. The third-order valence-electron chi connectivity index (χ3n) is 9.92. The average molecular weight is 573 g/mol. The number of benzene rings is 1. The maximum atomic E-state index is 12.8. The van der Waals surface area contributed by atoms with Gasteiger partial charge in [0.05, 0.1) is 19.6 Å². The van der Waals surface area contributed by atoms with Crippen molar-refractivity contribution in [1.29, 1.82) is 0 Å². The topological polar surface area (TPSA) is 105 Å². The quantitative estimate of drug-likeness (QED) is 0.369. The molecule has 0 aromatic heterocycles. The monoisotopic (exact) mass is 572 g/mol. The van der Waals surface area contributed by atoms with Crippen molar-refractivity contribution >= 4 is 11.9 Å². The van der Waals surface area contributed by atoms with Crippen LogP contribution in [0.4, 0.5) is 0 Å². The van der Waals surface area contributed by atoms with E-state index in [1.54, 1.807) is 0 Å². The van der Waals surface area contributed by atoms with Crippen molar-refractivity contribution in [2.45, 2.75) is 96.4 Å². The Kier molecular flexibility index (Phi) is 8.42. The number of hydrogen-bond donors (Lipinski definition) is 1. The fourth-order valence-corrected chi connectivity index (χ4v) is 7.48. The first-order chi connectivity index (χ1) is 19.8. The van der Waals surface area contributed by atoms with Crippen LogP contribution < -0.4 is 5.32 Å². The first kappa shape index (κ1) is 29.0. The van der Waals surface area contributed by atoms with Gasteiger partial charge in [0.1, 0.15) is 0 Å². The van der Waals surface area contributed by atoms with Crippen molar-refractivity contribution in [3.05, 3.63) is 35.4 Å². The van der Waals surface area contributed by atoms with Crippen LogP contribution >= 0.6 is 0 Å². The minimum absolute atomic E-state index is 0.0186. The van der Waals surface area contributed by atoms with Gasteiger partial charge in [0.2, 0.25) is 18.0 Å². The van der Waals surface area contributed by atoms with Gasteiger partial charge in [-0.15, -0.1) is 0 Å². The molecule has 8 atom stereocenters. The van der Waals surface area contributed by atoms with E-state index in [1.807, 2.05) is 26.0 Å². The summed E-state index contributed by atoms with van der Waals surface area (Å²) >= 11 is 0. The first-order valence-corrected chi connectivity index (χ1v) is 15.3. The number of carbonyl (C=O) groups excluding carboxylic acids is 2. The van der Waals surface area contributed by atoms with E-state index in [2.05, 4.69) is 29.3 Å². The van der Waals surface area contributed by atoms with Gasteiger partial charge in [0, 0.05) is 50.9 Å². The number of nitrogens with zero attached hydrogens (tertiary/aromatic N) is 1. The van der Waals surface area contributed by atoms with Crippen LogP contribution in [-0.2, 0) is 51.4 Å². The summed E-state index contributed by atoms with van der Waals surface area (Å²) in [6, 6.07) is 8.26. The van der Waals surface area contributed by atoms with Gasteiger partial charge in [-0.1, -0.05) is 38.1 Å². The summed E-state index contributed by atoms with van der Waals surface area (Å²) in [7, 11) is 0. The van der Waals surface area contributed by atoms with Crippen LogP contribution in [0.25, 0.3) is 0 Å². The number of fused-ring (bicyclic) bond motifs is 2. The van der Waals surface area contributed by atoms with E-state index >= 15 is 0 Å². The molecule has 5 aliphatic heterocycles. The Morgan fingerprint density at radius 3 is 2.54 bits per heavy atom. The summed E-state index contributed by atoms with van der Waals surface area (Å²) in [6.45, 7) is 11.0. The molecule has 5 heterocycles. The van der Waals surface area contributed by atoms with Crippen LogP contribution in [0.1, 0.15) is 70.4 Å². The van der Waals surface area contributed by atoms with Crippen LogP contribution in [-0.4, -0.2) is 67.0 Å². The molecule has 6 fully saturated rings. The van der Waals surface area contributed by atoms with Gasteiger partial charge in [-0.3, -0.25) is 14.5 Å². The smallest absolute Gasteiger partial charge is 0.308 e. The lowest BCUT2D eigenvalue weighted by Crippen LogP contribution is -2.70. The highest BCUT2D eigenvalue weighted by Gasteiger charge is 2.69. The summed E-state index contributed by atoms with van der Waals surface area (Å²) in [6.07, 6.45) is 2.27. The van der Waals surface area contributed by atoms with Crippen molar-refractivity contribution in [3.63, 3.8) is 0 Å². The third-order valence-corrected chi connectivity index (χ3v) is 9.92. The Bertz CT molecular complexity index is 1090. The van der Waals surface area contributed by atoms with Crippen LogP contribution in [0.2, 0.25) is 0 Å². The highest BCUT2D eigenvalue weighted by Crippen LogP contribution is 2.60. The van der Waals surface area contributed by atoms with Gasteiger partial charge in [-0.25, -0.2) is 9.78 Å². The van der Waals surface area contributed by atoms with E-state index < -0.39 is 29.9 Å². The standard InChI is InChI=1S/C31H44N2O8/c1-20-4-9-25-21(2)28(38-29-31(25)24(20)12-13-30(3,39-29)40-41-31)37-27(35)11-10-26(34)32-18-22-5-7-23(8-6-22)19-33-14-16-36-17-15-33/h5-8,20-21,24-25,28-29H,4,9-19H2,1-3H3,(H,32,34)/t20-,21-,24+,25-,28+,29-,30-,31-/m1/s1. The molecule has 6 aliphatic rings. The molecule has 0 radical (unpaired) electrons. The number of amides is 1. The molecule has 1 N–H and O–H groups in total. The van der Waals surface area contributed by atoms with E-state index in [1.165, 1.54) is 5.56 Å². The number of nitrogens with one attached hydrogen (secondary N) is 1. The molecule has 1 saturated carbocycles. The number of morpholine rings is 1. The summed E-state index contributed by atoms with van der Waals surface area (Å²) in [4.78, 5) is 39.7. The molecule has 1 aromatic carbocycles. The zero-order valence-electron chi connectivity index (χ0n) is 24.5. The lowest BCUT2D eigenvalue weighted by Gasteiger charge is -2.59. The molecule has 2 bridgehead atoms. The zero-order chi connectivity index (χ0) is 28.6. The molecule has 7 rings (SSSR count). The number of esters is 1. The maximum absolute atomic E-state index is 12.8. The Balaban J connectivity index is 0.981. The summed E-state index contributed by atoms with van der Waals surface area (Å²) < 4.78 is 23.9. The van der Waals surface area contributed by atoms with Gasteiger partial charge in [-0.05, 0) is 49.1 Å². The van der Waals surface area contributed by atoms with Gasteiger partial charge in [0.15, 0.2) is 11.9 Å². The number of ether oxygens (including phenoxy) is 4. The van der Waals surface area contributed by atoms with Gasteiger partial charge in [0.25, 0.3) is 0 Å². The minimum atomic E-state index is -0.881. The fraction of sp³-hybridized carbons (Fsp3) is 0.742. The minimum Gasteiger partial charge on any atom is -0.435 e. The Hall–Kier alpha value is -2.08. The molecule has 1 aromatic rings. The Labute approximate surface area is 242 Å². The zero-order valence-corrected chi connectivity index (χ0v) is 24.5. The summed E-state index contributed by atoms with van der Waals surface area (Å²) in [5.41, 5.74) is 1.56. The molecule has 10 nitrogen and oxygen atoms in total. The van der Waals surface area contributed by atoms with Gasteiger partial charge < -0.3 is 24.3 Å². The van der Waals surface area contributed by atoms with Crippen LogP contribution in [0.15, 0.2) is 24.3 Å². The van der Waals surface area contributed by atoms with E-state index in [-0.39, 0.29) is 36.5 Å². The number of hydrogen-bond acceptors (Lipinski definition) is 9. The highest BCUT2D eigenvalue weighted by atomic mass is 17.3. The van der Waals surface area contributed by atoms with Crippen molar-refractivity contribution < 1.29 is 38.3 Å². The van der Waals surface area contributed by atoms with E-state index in [9.17, 15) is 9.59 Å². The maximum Gasteiger partial charge on any atom is 0.308 e. The number of rotatable bonds is 8. The molecule has 0 unspecified atom stereocenters. The van der Waals surface area contributed by atoms with Crippen LogP contribution in [0, 0.1) is 23.7 Å². The lowest BCUT2D eigenvalue weighted by molar-refractivity contribution is -0.576. The summed E-state index contributed by atoms with van der Waals surface area (Å²) in [5.74, 6) is -0.840. The molecule has 41 heavy (non-hydrogen) atoms. The predicted octanol–water partition coefficient (Wildman–Crippen LogP) is 3.67. The lowest BCUT2D eigenvalue weighted by atomic mass is 9.58. The van der Waals surface area contributed by atoms with Gasteiger partial charge in [-0.2, -0.15) is 0 Å². The second-order valence-corrected chi connectivity index (χ2v) is 12.7. The third kappa shape index (κ3) is 5.92. The van der Waals surface area contributed by atoms with E-state index in [0.717, 1.165) is 64.1 Å².